The highest BCUT2D eigenvalue weighted by Crippen LogP contribution is 2.25. The summed E-state index contributed by atoms with van der Waals surface area (Å²) >= 11 is 0. The van der Waals surface area contributed by atoms with E-state index in [9.17, 15) is 4.79 Å². The number of hydrogen-bond acceptors (Lipinski definition) is 2. The van der Waals surface area contributed by atoms with E-state index >= 15 is 0 Å². The summed E-state index contributed by atoms with van der Waals surface area (Å²) in [5, 5.41) is 3.02. The predicted octanol–water partition coefficient (Wildman–Crippen LogP) is 4.97. The van der Waals surface area contributed by atoms with Crippen LogP contribution in [0, 0.1) is 0 Å². The van der Waals surface area contributed by atoms with Gasteiger partial charge in [-0.15, -0.1) is 0 Å². The molecule has 0 unspecified atom stereocenters. The first-order valence-electron chi connectivity index (χ1n) is 7.92. The van der Waals surface area contributed by atoms with Gasteiger partial charge in [0.2, 0.25) is 0 Å². The van der Waals surface area contributed by atoms with Crippen LogP contribution in [0.1, 0.15) is 28.9 Å². The number of carbonyl (C=O) groups is 1. The van der Waals surface area contributed by atoms with E-state index < -0.39 is 0 Å². The van der Waals surface area contributed by atoms with Gasteiger partial charge in [-0.2, -0.15) is 0 Å². The quantitative estimate of drug-likeness (QED) is 0.721. The third kappa shape index (κ3) is 3.82. The lowest BCUT2D eigenvalue weighted by atomic mass is 10.1. The number of hydrogen-bond donors (Lipinski definition) is 1. The van der Waals surface area contributed by atoms with Crippen LogP contribution in [-0.2, 0) is 0 Å². The van der Waals surface area contributed by atoms with E-state index in [0.717, 1.165) is 5.56 Å². The minimum atomic E-state index is -0.155. The molecular weight excluding hydrogens is 298 g/mol. The number of rotatable bonds is 5. The van der Waals surface area contributed by atoms with Crippen molar-refractivity contribution >= 4 is 5.91 Å². The minimum absolute atomic E-state index is 0.0801. The molecule has 3 nitrogen and oxygen atoms in total. The first kappa shape index (κ1) is 15.8. The topological polar surface area (TPSA) is 38.3 Å². The monoisotopic (exact) mass is 317 g/mol. The SMILES string of the molecule is C[C@H](NC(=O)c1ccccc1Oc1ccccc1)c1ccccc1. The molecular formula is C21H19NO2. The highest BCUT2D eigenvalue weighted by atomic mass is 16.5. The minimum Gasteiger partial charge on any atom is -0.457 e. The van der Waals surface area contributed by atoms with E-state index in [1.807, 2.05) is 79.7 Å². The van der Waals surface area contributed by atoms with Crippen LogP contribution >= 0.6 is 0 Å². The Morgan fingerprint density at radius 1 is 0.833 bits per heavy atom. The summed E-state index contributed by atoms with van der Waals surface area (Å²) < 4.78 is 5.86. The van der Waals surface area contributed by atoms with Crippen molar-refractivity contribution in [3.05, 3.63) is 96.1 Å². The number of para-hydroxylation sites is 2. The fourth-order valence-corrected chi connectivity index (χ4v) is 2.46. The molecule has 0 bridgehead atoms. The standard InChI is InChI=1S/C21H19NO2/c1-16(17-10-4-2-5-11-17)22-21(23)19-14-8-9-15-20(19)24-18-12-6-3-7-13-18/h2-16H,1H3,(H,22,23)/t16-/m0/s1. The number of benzene rings is 3. The Bertz CT molecular complexity index is 800. The van der Waals surface area contributed by atoms with Crippen molar-refractivity contribution in [3.63, 3.8) is 0 Å². The molecule has 0 aliphatic heterocycles. The molecule has 3 heteroatoms. The van der Waals surface area contributed by atoms with Gasteiger partial charge < -0.3 is 10.1 Å². The first-order chi connectivity index (χ1) is 11.7. The highest BCUT2D eigenvalue weighted by molar-refractivity contribution is 5.97. The predicted molar refractivity (Wildman–Crippen MR) is 95.3 cm³/mol. The molecule has 0 heterocycles. The maximum Gasteiger partial charge on any atom is 0.255 e. The van der Waals surface area contributed by atoms with E-state index in [-0.39, 0.29) is 11.9 Å². The number of amides is 1. The zero-order chi connectivity index (χ0) is 16.8. The van der Waals surface area contributed by atoms with Crippen molar-refractivity contribution in [2.75, 3.05) is 0 Å². The van der Waals surface area contributed by atoms with Gasteiger partial charge in [-0.1, -0.05) is 60.7 Å². The van der Waals surface area contributed by atoms with Gasteiger partial charge in [0.1, 0.15) is 11.5 Å². The second-order valence-corrected chi connectivity index (χ2v) is 5.52. The summed E-state index contributed by atoms with van der Waals surface area (Å²) in [5.74, 6) is 1.09. The first-order valence-corrected chi connectivity index (χ1v) is 7.92. The molecule has 0 spiro atoms. The van der Waals surface area contributed by atoms with E-state index in [1.165, 1.54) is 0 Å². The molecule has 0 saturated carbocycles. The molecule has 0 aliphatic carbocycles. The Morgan fingerprint density at radius 3 is 2.12 bits per heavy atom. The Hall–Kier alpha value is -3.07. The fourth-order valence-electron chi connectivity index (χ4n) is 2.46. The fraction of sp³-hybridized carbons (Fsp3) is 0.0952. The third-order valence-electron chi connectivity index (χ3n) is 3.75. The van der Waals surface area contributed by atoms with Crippen LogP contribution in [0.2, 0.25) is 0 Å². The van der Waals surface area contributed by atoms with Crippen LogP contribution in [0.4, 0.5) is 0 Å². The second kappa shape index (κ2) is 7.47. The van der Waals surface area contributed by atoms with E-state index in [0.29, 0.717) is 17.1 Å². The molecule has 0 saturated heterocycles. The lowest BCUT2D eigenvalue weighted by Gasteiger charge is -2.16. The molecule has 0 fully saturated rings. The summed E-state index contributed by atoms with van der Waals surface area (Å²) in [4.78, 5) is 12.6. The lowest BCUT2D eigenvalue weighted by molar-refractivity contribution is 0.0937. The molecule has 3 rings (SSSR count). The molecule has 0 aromatic heterocycles. The Kier molecular flexibility index (Phi) is 4.92. The average molecular weight is 317 g/mol. The van der Waals surface area contributed by atoms with Gasteiger partial charge >= 0.3 is 0 Å². The number of nitrogens with one attached hydrogen (secondary N) is 1. The Morgan fingerprint density at radius 2 is 1.42 bits per heavy atom. The van der Waals surface area contributed by atoms with Gasteiger partial charge in [0.25, 0.3) is 5.91 Å². The van der Waals surface area contributed by atoms with Crippen molar-refractivity contribution in [2.24, 2.45) is 0 Å². The number of carbonyl (C=O) groups excluding carboxylic acids is 1. The Balaban J connectivity index is 1.78. The molecule has 1 amide bonds. The van der Waals surface area contributed by atoms with Crippen LogP contribution in [-0.4, -0.2) is 5.91 Å². The van der Waals surface area contributed by atoms with Gasteiger partial charge in [0.15, 0.2) is 0 Å². The van der Waals surface area contributed by atoms with Crippen LogP contribution in [0.5, 0.6) is 11.5 Å². The molecule has 3 aromatic rings. The molecule has 24 heavy (non-hydrogen) atoms. The molecule has 0 radical (unpaired) electrons. The van der Waals surface area contributed by atoms with E-state index in [4.69, 9.17) is 4.74 Å². The largest absolute Gasteiger partial charge is 0.457 e. The number of ether oxygens (including phenoxy) is 1. The van der Waals surface area contributed by atoms with Crippen molar-refractivity contribution < 1.29 is 9.53 Å². The maximum atomic E-state index is 12.6. The van der Waals surface area contributed by atoms with Crippen LogP contribution in [0.3, 0.4) is 0 Å². The molecule has 3 aromatic carbocycles. The van der Waals surface area contributed by atoms with Crippen molar-refractivity contribution in [3.8, 4) is 11.5 Å². The van der Waals surface area contributed by atoms with Gasteiger partial charge in [0.05, 0.1) is 11.6 Å². The zero-order valence-electron chi connectivity index (χ0n) is 13.5. The summed E-state index contributed by atoms with van der Waals surface area (Å²) in [6.07, 6.45) is 0. The van der Waals surface area contributed by atoms with Crippen LogP contribution in [0.15, 0.2) is 84.9 Å². The van der Waals surface area contributed by atoms with Gasteiger partial charge in [0, 0.05) is 0 Å². The van der Waals surface area contributed by atoms with Gasteiger partial charge in [-0.05, 0) is 36.8 Å². The summed E-state index contributed by atoms with van der Waals surface area (Å²) in [6.45, 7) is 1.97. The maximum absolute atomic E-state index is 12.6. The van der Waals surface area contributed by atoms with Crippen LogP contribution < -0.4 is 10.1 Å². The summed E-state index contributed by atoms with van der Waals surface area (Å²) in [5.41, 5.74) is 1.58. The van der Waals surface area contributed by atoms with Crippen LogP contribution in [0.25, 0.3) is 0 Å². The van der Waals surface area contributed by atoms with Gasteiger partial charge in [-0.3, -0.25) is 4.79 Å². The summed E-state index contributed by atoms with van der Waals surface area (Å²) in [7, 11) is 0. The van der Waals surface area contributed by atoms with Gasteiger partial charge in [-0.25, -0.2) is 0 Å². The normalized spacial score (nSPS) is 11.5. The molecule has 1 N–H and O–H groups in total. The van der Waals surface area contributed by atoms with Crippen molar-refractivity contribution in [2.45, 2.75) is 13.0 Å². The third-order valence-corrected chi connectivity index (χ3v) is 3.75. The smallest absolute Gasteiger partial charge is 0.255 e. The average Bonchev–Trinajstić information content (AvgIpc) is 2.63. The van der Waals surface area contributed by atoms with Crippen molar-refractivity contribution in [1.29, 1.82) is 0 Å². The molecule has 120 valence electrons. The van der Waals surface area contributed by atoms with E-state index in [2.05, 4.69) is 5.32 Å². The summed E-state index contributed by atoms with van der Waals surface area (Å²) in [6, 6.07) is 26.5. The molecule has 1 atom stereocenters. The van der Waals surface area contributed by atoms with E-state index in [1.54, 1.807) is 12.1 Å². The Labute approximate surface area is 141 Å². The zero-order valence-corrected chi connectivity index (χ0v) is 13.5. The second-order valence-electron chi connectivity index (χ2n) is 5.52. The van der Waals surface area contributed by atoms with Crippen molar-refractivity contribution in [1.82, 2.24) is 5.32 Å². The lowest BCUT2D eigenvalue weighted by Crippen LogP contribution is -2.26. The highest BCUT2D eigenvalue weighted by Gasteiger charge is 2.15. The molecule has 0 aliphatic rings.